The summed E-state index contributed by atoms with van der Waals surface area (Å²) in [7, 11) is 0. The molecule has 1 aliphatic heterocycles. The van der Waals surface area contributed by atoms with E-state index in [1.54, 1.807) is 13.8 Å². The van der Waals surface area contributed by atoms with Crippen molar-refractivity contribution in [2.45, 2.75) is 88.8 Å². The molecule has 1 fully saturated rings. The van der Waals surface area contributed by atoms with E-state index in [2.05, 4.69) is 21.3 Å². The second kappa shape index (κ2) is 17.3. The molecule has 18 heteroatoms. The van der Waals surface area contributed by atoms with E-state index in [0.717, 1.165) is 4.90 Å². The third-order valence-corrected chi connectivity index (χ3v) is 7.02. The Morgan fingerprint density at radius 1 is 0.860 bits per heavy atom. The fourth-order valence-electron chi connectivity index (χ4n) is 4.30. The van der Waals surface area contributed by atoms with Crippen LogP contribution in [0.15, 0.2) is 0 Å². The predicted molar refractivity (Wildman–Crippen MR) is 146 cm³/mol. The van der Waals surface area contributed by atoms with Gasteiger partial charge in [-0.2, -0.15) is 0 Å². The second-order valence-electron chi connectivity index (χ2n) is 10.3. The van der Waals surface area contributed by atoms with Crippen molar-refractivity contribution in [3.8, 4) is 0 Å². The number of aliphatic hydroxyl groups is 3. The zero-order valence-corrected chi connectivity index (χ0v) is 24.2. The highest BCUT2D eigenvalue weighted by atomic mass is 16.4. The second-order valence-corrected chi connectivity index (χ2v) is 10.3. The summed E-state index contributed by atoms with van der Waals surface area (Å²) < 4.78 is 0. The summed E-state index contributed by atoms with van der Waals surface area (Å²) >= 11 is 0. The van der Waals surface area contributed by atoms with Crippen molar-refractivity contribution in [1.29, 1.82) is 0 Å². The quantitative estimate of drug-likeness (QED) is 0.0733. The van der Waals surface area contributed by atoms with Gasteiger partial charge in [0, 0.05) is 6.54 Å². The molecule has 1 heterocycles. The number of aliphatic carboxylic acids is 2. The van der Waals surface area contributed by atoms with Crippen LogP contribution in [0.25, 0.3) is 0 Å². The van der Waals surface area contributed by atoms with E-state index in [9.17, 15) is 54.0 Å². The molecule has 0 aromatic heterocycles. The van der Waals surface area contributed by atoms with Crippen molar-refractivity contribution in [3.05, 3.63) is 0 Å². The lowest BCUT2D eigenvalue weighted by Crippen LogP contribution is -2.62. The Balaban J connectivity index is 3.02. The van der Waals surface area contributed by atoms with Gasteiger partial charge in [0.05, 0.1) is 25.7 Å². The molecule has 244 valence electrons. The van der Waals surface area contributed by atoms with Crippen molar-refractivity contribution in [1.82, 2.24) is 26.2 Å². The Hall–Kier alpha value is -3.87. The first kappa shape index (κ1) is 37.2. The summed E-state index contributed by atoms with van der Waals surface area (Å²) in [5.41, 5.74) is 5.58. The van der Waals surface area contributed by atoms with Gasteiger partial charge in [0.25, 0.3) is 0 Å². The van der Waals surface area contributed by atoms with E-state index in [4.69, 9.17) is 10.8 Å². The van der Waals surface area contributed by atoms with Crippen LogP contribution in [0.4, 0.5) is 0 Å². The third kappa shape index (κ3) is 10.7. The third-order valence-electron chi connectivity index (χ3n) is 7.02. The van der Waals surface area contributed by atoms with Crippen LogP contribution in [0, 0.1) is 5.92 Å². The average Bonchev–Trinajstić information content (AvgIpc) is 3.45. The fourth-order valence-corrected chi connectivity index (χ4v) is 4.30. The molecule has 1 saturated heterocycles. The monoisotopic (exact) mass is 618 g/mol. The van der Waals surface area contributed by atoms with Crippen molar-refractivity contribution in [2.75, 3.05) is 19.8 Å². The van der Waals surface area contributed by atoms with E-state index in [0.29, 0.717) is 12.8 Å². The number of carboxylic acids is 2. The molecule has 5 amide bonds. The minimum absolute atomic E-state index is 0.178. The highest BCUT2D eigenvalue weighted by Gasteiger charge is 2.39. The van der Waals surface area contributed by atoms with Gasteiger partial charge in [-0.05, 0) is 25.7 Å². The van der Waals surface area contributed by atoms with Gasteiger partial charge in [-0.3, -0.25) is 28.8 Å². The molecule has 0 spiro atoms. The lowest BCUT2D eigenvalue weighted by molar-refractivity contribution is -0.147. The molecule has 0 saturated carbocycles. The Morgan fingerprint density at radius 2 is 1.44 bits per heavy atom. The summed E-state index contributed by atoms with van der Waals surface area (Å²) in [6.45, 7) is 2.95. The molecule has 18 nitrogen and oxygen atoms in total. The van der Waals surface area contributed by atoms with E-state index in [1.165, 1.54) is 6.92 Å². The van der Waals surface area contributed by atoms with Crippen LogP contribution >= 0.6 is 0 Å². The molecule has 8 atom stereocenters. The van der Waals surface area contributed by atoms with Gasteiger partial charge in [-0.1, -0.05) is 20.3 Å². The molecular weight excluding hydrogens is 576 g/mol. The summed E-state index contributed by atoms with van der Waals surface area (Å²) in [5, 5.41) is 56.2. The number of rotatable bonds is 17. The van der Waals surface area contributed by atoms with E-state index in [1.807, 2.05) is 0 Å². The Bertz CT molecular complexity index is 1040. The van der Waals surface area contributed by atoms with Crippen LogP contribution in [0.1, 0.15) is 46.5 Å². The lowest BCUT2D eigenvalue weighted by atomic mass is 9.97. The molecule has 0 aromatic carbocycles. The van der Waals surface area contributed by atoms with Crippen LogP contribution < -0.4 is 27.0 Å². The van der Waals surface area contributed by atoms with Crippen molar-refractivity contribution in [3.63, 3.8) is 0 Å². The van der Waals surface area contributed by atoms with Gasteiger partial charge in [-0.15, -0.1) is 0 Å². The Labute approximate surface area is 247 Å². The molecule has 0 radical (unpaired) electrons. The maximum atomic E-state index is 13.0. The lowest BCUT2D eigenvalue weighted by Gasteiger charge is -2.30. The number of nitrogens with two attached hydrogens (primary N) is 1. The molecular formula is C25H42N6O12. The summed E-state index contributed by atoms with van der Waals surface area (Å²) in [6.07, 6.45) is -1.46. The van der Waals surface area contributed by atoms with Crippen molar-refractivity contribution < 1.29 is 59.1 Å². The SMILES string of the molecule is CC[C@H](C)[C@H](NC(=O)[C@H](CO)NC(=O)[C@@H](NC(=O)[C@@H]1CCCN1C(=O)[C@@H](N)CO)[C@@H](C)O)C(=O)N[C@@H](CC(=O)O)C(=O)O. The zero-order chi connectivity index (χ0) is 33.0. The first-order chi connectivity index (χ1) is 20.1. The Kier molecular flexibility index (Phi) is 14.9. The first-order valence-corrected chi connectivity index (χ1v) is 13.7. The first-order valence-electron chi connectivity index (χ1n) is 13.7. The van der Waals surface area contributed by atoms with Gasteiger partial charge < -0.3 is 57.4 Å². The maximum Gasteiger partial charge on any atom is 0.326 e. The standard InChI is InChI=1S/C25H42N6O12/c1-4-11(2)18(22(39)27-14(25(42)43)8-17(35)36)29-20(37)15(10-33)28-23(40)19(12(3)34)30-21(38)16-6-5-7-31(16)24(41)13(26)9-32/h11-16,18-19,32-34H,4-10,26H2,1-3H3,(H,27,39)(H,28,40)(H,29,37)(H,30,38)(H,35,36)(H,42,43)/t11-,12+,13-,14-,15-,16-,18-,19-/m0/s1. The van der Waals surface area contributed by atoms with Crippen LogP contribution in [-0.4, -0.2) is 134 Å². The minimum Gasteiger partial charge on any atom is -0.481 e. The van der Waals surface area contributed by atoms with Gasteiger partial charge in [0.2, 0.25) is 29.5 Å². The van der Waals surface area contributed by atoms with Crippen LogP contribution in [0.2, 0.25) is 0 Å². The van der Waals surface area contributed by atoms with Gasteiger partial charge in [-0.25, -0.2) is 4.79 Å². The average molecular weight is 619 g/mol. The van der Waals surface area contributed by atoms with Crippen molar-refractivity contribution in [2.24, 2.45) is 11.7 Å². The molecule has 0 aromatic rings. The van der Waals surface area contributed by atoms with Crippen LogP contribution in [0.5, 0.6) is 0 Å². The molecule has 1 rings (SSSR count). The zero-order valence-electron chi connectivity index (χ0n) is 24.2. The van der Waals surface area contributed by atoms with Crippen molar-refractivity contribution >= 4 is 41.5 Å². The minimum atomic E-state index is -1.79. The predicted octanol–water partition coefficient (Wildman–Crippen LogP) is -4.79. The summed E-state index contributed by atoms with van der Waals surface area (Å²) in [6, 6.07) is -8.79. The number of nitrogens with zero attached hydrogens (tertiary/aromatic N) is 1. The number of carbonyl (C=O) groups excluding carboxylic acids is 5. The molecule has 0 bridgehead atoms. The van der Waals surface area contributed by atoms with Gasteiger partial charge in [0.15, 0.2) is 0 Å². The van der Waals surface area contributed by atoms with Crippen LogP contribution in [0.3, 0.4) is 0 Å². The van der Waals surface area contributed by atoms with E-state index >= 15 is 0 Å². The topological polar surface area (TPSA) is 298 Å². The number of likely N-dealkylation sites (tertiary alicyclic amines) is 1. The smallest absolute Gasteiger partial charge is 0.326 e. The Morgan fingerprint density at radius 3 is 1.93 bits per heavy atom. The van der Waals surface area contributed by atoms with Crippen LogP contribution in [-0.2, 0) is 33.6 Å². The fraction of sp³-hybridized carbons (Fsp3) is 0.720. The summed E-state index contributed by atoms with van der Waals surface area (Å²) in [5.74, 6) is -8.33. The molecule has 0 unspecified atom stereocenters. The molecule has 43 heavy (non-hydrogen) atoms. The number of nitrogens with one attached hydrogen (secondary N) is 4. The normalized spacial score (nSPS) is 19.5. The number of hydrogen-bond acceptors (Lipinski definition) is 11. The van der Waals surface area contributed by atoms with E-state index in [-0.39, 0.29) is 13.0 Å². The number of aliphatic hydroxyl groups excluding tert-OH is 3. The largest absolute Gasteiger partial charge is 0.481 e. The summed E-state index contributed by atoms with van der Waals surface area (Å²) in [4.78, 5) is 87.7. The number of amides is 5. The van der Waals surface area contributed by atoms with Gasteiger partial charge in [0.1, 0.15) is 36.3 Å². The maximum absolute atomic E-state index is 13.0. The number of hydrogen-bond donors (Lipinski definition) is 10. The molecule has 1 aliphatic rings. The highest BCUT2D eigenvalue weighted by Crippen LogP contribution is 2.19. The van der Waals surface area contributed by atoms with Gasteiger partial charge >= 0.3 is 11.9 Å². The number of carbonyl (C=O) groups is 7. The highest BCUT2D eigenvalue weighted by molar-refractivity contribution is 5.97. The number of carboxylic acid groups (broad SMARTS) is 2. The molecule has 11 N–H and O–H groups in total. The van der Waals surface area contributed by atoms with E-state index < -0.39 is 109 Å². The molecule has 0 aliphatic carbocycles.